The van der Waals surface area contributed by atoms with Crippen molar-refractivity contribution in [2.45, 2.75) is 38.9 Å². The molecule has 4 rings (SSSR count). The Morgan fingerprint density at radius 2 is 1.89 bits per heavy atom. The van der Waals surface area contributed by atoms with Gasteiger partial charge in [-0.1, -0.05) is 54.9 Å². The van der Waals surface area contributed by atoms with Crippen LogP contribution in [-0.4, -0.2) is 35.1 Å². The third kappa shape index (κ3) is 4.06. The highest BCUT2D eigenvalue weighted by atomic mass is 35.5. The van der Waals surface area contributed by atoms with Crippen LogP contribution < -0.4 is 5.32 Å². The van der Waals surface area contributed by atoms with Crippen LogP contribution in [0.5, 0.6) is 0 Å². The second kappa shape index (κ2) is 8.47. The van der Waals surface area contributed by atoms with Crippen molar-refractivity contribution < 1.29 is 0 Å². The number of nitrogens with one attached hydrogen (secondary N) is 1. The molecule has 2 heterocycles. The van der Waals surface area contributed by atoms with Crippen molar-refractivity contribution in [3.63, 3.8) is 0 Å². The number of hydrogen-bond acceptors (Lipinski definition) is 2. The lowest BCUT2D eigenvalue weighted by Gasteiger charge is -2.22. The molecule has 1 fully saturated rings. The third-order valence-corrected chi connectivity index (χ3v) is 6.14. The number of rotatable bonds is 7. The first-order chi connectivity index (χ1) is 13.3. The van der Waals surface area contributed by atoms with E-state index in [0.717, 1.165) is 36.8 Å². The van der Waals surface area contributed by atoms with Gasteiger partial charge in [-0.25, -0.2) is 0 Å². The molecule has 142 valence electrons. The number of aromatic nitrogens is 1. The minimum atomic E-state index is 0.687. The smallest absolute Gasteiger partial charge is 0.0491 e. The monoisotopic (exact) mass is 381 g/mol. The van der Waals surface area contributed by atoms with E-state index in [2.05, 4.69) is 64.3 Å². The predicted octanol–water partition coefficient (Wildman–Crippen LogP) is 4.92. The fourth-order valence-corrected chi connectivity index (χ4v) is 4.52. The van der Waals surface area contributed by atoms with Crippen LogP contribution in [0.4, 0.5) is 0 Å². The molecule has 0 radical (unpaired) electrons. The molecule has 1 atom stereocenters. The number of hydrogen-bond donors (Lipinski definition) is 1. The minimum absolute atomic E-state index is 0.687. The fourth-order valence-electron chi connectivity index (χ4n) is 4.32. The highest BCUT2D eigenvalue weighted by molar-refractivity contribution is 6.31. The van der Waals surface area contributed by atoms with Crippen molar-refractivity contribution in [2.24, 2.45) is 0 Å². The van der Waals surface area contributed by atoms with E-state index in [0.29, 0.717) is 6.04 Å². The molecule has 1 aliphatic heterocycles. The average Bonchev–Trinajstić information content (AvgIpc) is 3.29. The Morgan fingerprint density at radius 3 is 2.74 bits per heavy atom. The van der Waals surface area contributed by atoms with Gasteiger partial charge in [0.1, 0.15) is 0 Å². The highest BCUT2D eigenvalue weighted by Gasteiger charge is 2.22. The molecule has 1 saturated heterocycles. The molecule has 1 aromatic heterocycles. The molecule has 27 heavy (non-hydrogen) atoms. The van der Waals surface area contributed by atoms with Gasteiger partial charge in [0.2, 0.25) is 0 Å². The van der Waals surface area contributed by atoms with Gasteiger partial charge < -0.3 is 9.88 Å². The number of likely N-dealkylation sites (N-methyl/N-ethyl adjacent to an activating group) is 1. The first-order valence-corrected chi connectivity index (χ1v) is 10.4. The quantitative estimate of drug-likeness (QED) is 0.627. The van der Waals surface area contributed by atoms with Gasteiger partial charge in [-0.2, -0.15) is 0 Å². The standard InChI is InChI=1S/C23H28ClN3/c1-2-26-13-7-9-20(26)15-25-14-19-17-27(23-12-6-4-10-21(19)23)16-18-8-3-5-11-22(18)24/h3-6,8,10-12,17,20,25H,2,7,9,13-16H2,1H3/t20-/m0/s1. The van der Waals surface area contributed by atoms with Crippen LogP contribution >= 0.6 is 11.6 Å². The maximum absolute atomic E-state index is 6.39. The number of fused-ring (bicyclic) bond motifs is 1. The third-order valence-electron chi connectivity index (χ3n) is 5.77. The summed E-state index contributed by atoms with van der Waals surface area (Å²) < 4.78 is 2.32. The molecule has 0 amide bonds. The summed E-state index contributed by atoms with van der Waals surface area (Å²) in [7, 11) is 0. The lowest BCUT2D eigenvalue weighted by molar-refractivity contribution is 0.260. The second-order valence-electron chi connectivity index (χ2n) is 7.45. The zero-order valence-corrected chi connectivity index (χ0v) is 16.8. The first kappa shape index (κ1) is 18.5. The van der Waals surface area contributed by atoms with Crippen LogP contribution in [0.15, 0.2) is 54.7 Å². The number of benzene rings is 2. The predicted molar refractivity (Wildman–Crippen MR) is 114 cm³/mol. The maximum Gasteiger partial charge on any atom is 0.0491 e. The summed E-state index contributed by atoms with van der Waals surface area (Å²) >= 11 is 6.39. The van der Waals surface area contributed by atoms with Crippen molar-refractivity contribution in [3.05, 3.63) is 70.9 Å². The van der Waals surface area contributed by atoms with E-state index in [-0.39, 0.29) is 0 Å². The number of halogens is 1. The first-order valence-electron chi connectivity index (χ1n) is 10.0. The van der Waals surface area contributed by atoms with Crippen molar-refractivity contribution >= 4 is 22.5 Å². The van der Waals surface area contributed by atoms with Crippen LogP contribution in [0.25, 0.3) is 10.9 Å². The summed E-state index contributed by atoms with van der Waals surface area (Å²) in [5.74, 6) is 0. The van der Waals surface area contributed by atoms with E-state index < -0.39 is 0 Å². The zero-order valence-electron chi connectivity index (χ0n) is 16.0. The summed E-state index contributed by atoms with van der Waals surface area (Å²) in [6, 6.07) is 17.5. The number of para-hydroxylation sites is 1. The lowest BCUT2D eigenvalue weighted by Crippen LogP contribution is -2.37. The van der Waals surface area contributed by atoms with E-state index in [4.69, 9.17) is 11.6 Å². The Kier molecular flexibility index (Phi) is 5.82. The Balaban J connectivity index is 1.51. The van der Waals surface area contributed by atoms with E-state index in [1.807, 2.05) is 12.1 Å². The van der Waals surface area contributed by atoms with Crippen molar-refractivity contribution in [3.8, 4) is 0 Å². The number of likely N-dealkylation sites (tertiary alicyclic amines) is 1. The molecular weight excluding hydrogens is 354 g/mol. The van der Waals surface area contributed by atoms with E-state index in [1.165, 1.54) is 35.9 Å². The van der Waals surface area contributed by atoms with Crippen LogP contribution in [0.3, 0.4) is 0 Å². The molecule has 4 heteroatoms. The summed E-state index contributed by atoms with van der Waals surface area (Å²) in [5.41, 5.74) is 3.79. The van der Waals surface area contributed by atoms with Crippen molar-refractivity contribution in [1.82, 2.24) is 14.8 Å². The maximum atomic E-state index is 6.39. The van der Waals surface area contributed by atoms with Gasteiger partial charge in [-0.05, 0) is 49.2 Å². The summed E-state index contributed by atoms with van der Waals surface area (Å²) in [5, 5.41) is 5.87. The molecule has 1 aliphatic rings. The SMILES string of the molecule is CCN1CCC[C@H]1CNCc1cn(Cc2ccccc2Cl)c2ccccc12. The van der Waals surface area contributed by atoms with Crippen LogP contribution in [0, 0.1) is 0 Å². The molecule has 3 nitrogen and oxygen atoms in total. The van der Waals surface area contributed by atoms with Crippen LogP contribution in [0.1, 0.15) is 30.9 Å². The van der Waals surface area contributed by atoms with Gasteiger partial charge in [-0.3, -0.25) is 4.90 Å². The number of nitrogens with zero attached hydrogens (tertiary/aromatic N) is 2. The van der Waals surface area contributed by atoms with Gasteiger partial charge in [0, 0.05) is 47.8 Å². The molecule has 0 bridgehead atoms. The largest absolute Gasteiger partial charge is 0.343 e. The molecule has 0 saturated carbocycles. The molecule has 0 aliphatic carbocycles. The topological polar surface area (TPSA) is 20.2 Å². The summed E-state index contributed by atoms with van der Waals surface area (Å²) in [4.78, 5) is 2.59. The fraction of sp³-hybridized carbons (Fsp3) is 0.391. The van der Waals surface area contributed by atoms with Gasteiger partial charge >= 0.3 is 0 Å². The minimum Gasteiger partial charge on any atom is -0.343 e. The lowest BCUT2D eigenvalue weighted by atomic mass is 10.1. The van der Waals surface area contributed by atoms with Gasteiger partial charge in [0.05, 0.1) is 0 Å². The average molecular weight is 382 g/mol. The summed E-state index contributed by atoms with van der Waals surface area (Å²) in [6.07, 6.45) is 4.93. The van der Waals surface area contributed by atoms with E-state index in [9.17, 15) is 0 Å². The highest BCUT2D eigenvalue weighted by Crippen LogP contribution is 2.24. The Morgan fingerprint density at radius 1 is 1.07 bits per heavy atom. The normalized spacial score (nSPS) is 17.8. The summed E-state index contributed by atoms with van der Waals surface area (Å²) in [6.45, 7) is 7.44. The Labute approximate surface area is 166 Å². The van der Waals surface area contributed by atoms with E-state index >= 15 is 0 Å². The Hall–Kier alpha value is -1.81. The molecule has 1 N–H and O–H groups in total. The molecular formula is C23H28ClN3. The molecule has 0 spiro atoms. The zero-order chi connectivity index (χ0) is 18.6. The molecule has 0 unspecified atom stereocenters. The van der Waals surface area contributed by atoms with Gasteiger partial charge in [0.15, 0.2) is 0 Å². The van der Waals surface area contributed by atoms with Crippen LogP contribution in [0.2, 0.25) is 5.02 Å². The molecule has 2 aromatic carbocycles. The Bertz CT molecular complexity index is 902. The van der Waals surface area contributed by atoms with E-state index in [1.54, 1.807) is 0 Å². The van der Waals surface area contributed by atoms with Crippen molar-refractivity contribution in [2.75, 3.05) is 19.6 Å². The van der Waals surface area contributed by atoms with Crippen molar-refractivity contribution in [1.29, 1.82) is 0 Å². The van der Waals surface area contributed by atoms with Crippen LogP contribution in [-0.2, 0) is 13.1 Å². The van der Waals surface area contributed by atoms with Gasteiger partial charge in [0.25, 0.3) is 0 Å². The molecule has 3 aromatic rings. The van der Waals surface area contributed by atoms with Gasteiger partial charge in [-0.15, -0.1) is 0 Å². The second-order valence-corrected chi connectivity index (χ2v) is 7.85.